The number of nitrogen functional groups attached to an aromatic ring is 1. The zero-order valence-electron chi connectivity index (χ0n) is 15.0. The monoisotopic (exact) mass is 336 g/mol. The number of piperazine rings is 1. The third kappa shape index (κ3) is 5.84. The highest BCUT2D eigenvalue weighted by atomic mass is 16.6. The summed E-state index contributed by atoms with van der Waals surface area (Å²) in [6, 6.07) is 1.81. The molecule has 1 aromatic heterocycles. The van der Waals surface area contributed by atoms with Crippen molar-refractivity contribution in [3.63, 3.8) is 0 Å². The Labute approximate surface area is 143 Å². The SMILES string of the molecule is Cc1nc(N)cc(N2CCN(CCNC(=O)OC(C)(C)C)CC2)n1. The Morgan fingerprint density at radius 3 is 2.54 bits per heavy atom. The zero-order valence-corrected chi connectivity index (χ0v) is 15.0. The fourth-order valence-electron chi connectivity index (χ4n) is 2.57. The largest absolute Gasteiger partial charge is 0.444 e. The van der Waals surface area contributed by atoms with Crippen LogP contribution in [0.1, 0.15) is 26.6 Å². The van der Waals surface area contributed by atoms with Crippen LogP contribution in [-0.2, 0) is 4.74 Å². The lowest BCUT2D eigenvalue weighted by atomic mass is 10.2. The molecule has 1 aliphatic rings. The molecular formula is C16H28N6O2. The maximum atomic E-state index is 11.6. The lowest BCUT2D eigenvalue weighted by Gasteiger charge is -2.35. The lowest BCUT2D eigenvalue weighted by molar-refractivity contribution is 0.0521. The van der Waals surface area contributed by atoms with E-state index in [9.17, 15) is 4.79 Å². The molecule has 1 aromatic rings. The fraction of sp³-hybridized carbons (Fsp3) is 0.688. The first-order valence-corrected chi connectivity index (χ1v) is 8.28. The Bertz CT molecular complexity index is 544. The van der Waals surface area contributed by atoms with Crippen LogP contribution in [0.4, 0.5) is 16.4 Å². The maximum Gasteiger partial charge on any atom is 0.407 e. The van der Waals surface area contributed by atoms with Crippen molar-refractivity contribution in [2.75, 3.05) is 49.9 Å². The molecule has 1 aliphatic heterocycles. The highest BCUT2D eigenvalue weighted by Gasteiger charge is 2.19. The topological polar surface area (TPSA) is 96.6 Å². The number of nitrogens with zero attached hydrogens (tertiary/aromatic N) is 4. The first-order valence-electron chi connectivity index (χ1n) is 8.28. The number of alkyl carbamates (subject to hydrolysis) is 1. The number of hydrogen-bond acceptors (Lipinski definition) is 7. The van der Waals surface area contributed by atoms with Crippen molar-refractivity contribution in [1.82, 2.24) is 20.2 Å². The van der Waals surface area contributed by atoms with Gasteiger partial charge in [-0.15, -0.1) is 0 Å². The normalized spacial score (nSPS) is 16.1. The van der Waals surface area contributed by atoms with E-state index in [0.29, 0.717) is 18.2 Å². The van der Waals surface area contributed by atoms with E-state index in [0.717, 1.165) is 38.5 Å². The molecule has 0 unspecified atom stereocenters. The summed E-state index contributed by atoms with van der Waals surface area (Å²) in [6.45, 7) is 12.4. The standard InChI is InChI=1S/C16H28N6O2/c1-12-19-13(17)11-14(20-12)22-9-7-21(8-10-22)6-5-18-15(23)24-16(2,3)4/h11H,5-10H2,1-4H3,(H,18,23)(H2,17,19,20). The number of nitrogens with one attached hydrogen (secondary N) is 1. The van der Waals surface area contributed by atoms with Crippen molar-refractivity contribution in [2.24, 2.45) is 0 Å². The number of rotatable bonds is 4. The first-order chi connectivity index (χ1) is 11.2. The van der Waals surface area contributed by atoms with Crippen LogP contribution in [0.5, 0.6) is 0 Å². The number of aromatic nitrogens is 2. The van der Waals surface area contributed by atoms with Gasteiger partial charge in [0.15, 0.2) is 0 Å². The van der Waals surface area contributed by atoms with E-state index in [1.807, 2.05) is 33.8 Å². The summed E-state index contributed by atoms with van der Waals surface area (Å²) in [5, 5.41) is 2.79. The minimum atomic E-state index is -0.465. The number of ether oxygens (including phenoxy) is 1. The molecule has 3 N–H and O–H groups in total. The van der Waals surface area contributed by atoms with Crippen LogP contribution in [0.25, 0.3) is 0 Å². The Morgan fingerprint density at radius 2 is 1.96 bits per heavy atom. The molecule has 0 saturated carbocycles. The van der Waals surface area contributed by atoms with Crippen LogP contribution >= 0.6 is 0 Å². The van der Waals surface area contributed by atoms with E-state index < -0.39 is 5.60 Å². The number of anilines is 2. The van der Waals surface area contributed by atoms with E-state index in [2.05, 4.69) is 25.1 Å². The summed E-state index contributed by atoms with van der Waals surface area (Å²) in [6.07, 6.45) is -0.368. The molecule has 0 atom stereocenters. The summed E-state index contributed by atoms with van der Waals surface area (Å²) in [7, 11) is 0. The molecule has 24 heavy (non-hydrogen) atoms. The highest BCUT2D eigenvalue weighted by molar-refractivity contribution is 5.67. The van der Waals surface area contributed by atoms with Gasteiger partial charge in [0.25, 0.3) is 0 Å². The van der Waals surface area contributed by atoms with Gasteiger partial charge in [0.1, 0.15) is 23.1 Å². The van der Waals surface area contributed by atoms with Gasteiger partial charge in [-0.2, -0.15) is 0 Å². The molecule has 1 amide bonds. The molecule has 134 valence electrons. The summed E-state index contributed by atoms with van der Waals surface area (Å²) in [4.78, 5) is 24.7. The van der Waals surface area contributed by atoms with E-state index in [4.69, 9.17) is 10.5 Å². The minimum Gasteiger partial charge on any atom is -0.444 e. The van der Waals surface area contributed by atoms with Crippen LogP contribution in [0.15, 0.2) is 6.07 Å². The van der Waals surface area contributed by atoms with E-state index >= 15 is 0 Å². The number of carbonyl (C=O) groups excluding carboxylic acids is 1. The van der Waals surface area contributed by atoms with Gasteiger partial charge >= 0.3 is 6.09 Å². The van der Waals surface area contributed by atoms with Crippen LogP contribution in [0, 0.1) is 6.92 Å². The molecule has 2 rings (SSSR count). The van der Waals surface area contributed by atoms with Gasteiger partial charge in [-0.1, -0.05) is 0 Å². The van der Waals surface area contributed by atoms with Gasteiger partial charge in [-0.25, -0.2) is 14.8 Å². The molecule has 0 aromatic carbocycles. The predicted octanol–water partition coefficient (Wildman–Crippen LogP) is 1.01. The number of amides is 1. The Hall–Kier alpha value is -2.09. The molecular weight excluding hydrogens is 308 g/mol. The van der Waals surface area contributed by atoms with Crippen molar-refractivity contribution in [3.05, 3.63) is 11.9 Å². The predicted molar refractivity (Wildman–Crippen MR) is 94.1 cm³/mol. The van der Waals surface area contributed by atoms with Gasteiger partial charge in [0, 0.05) is 45.3 Å². The second-order valence-corrected chi connectivity index (χ2v) is 6.96. The van der Waals surface area contributed by atoms with Crippen molar-refractivity contribution in [3.8, 4) is 0 Å². The summed E-state index contributed by atoms with van der Waals surface area (Å²) >= 11 is 0. The molecule has 1 saturated heterocycles. The van der Waals surface area contributed by atoms with E-state index in [1.54, 1.807) is 0 Å². The summed E-state index contributed by atoms with van der Waals surface area (Å²) in [5.41, 5.74) is 5.33. The van der Waals surface area contributed by atoms with Crippen LogP contribution in [0.2, 0.25) is 0 Å². The summed E-state index contributed by atoms with van der Waals surface area (Å²) < 4.78 is 5.22. The zero-order chi connectivity index (χ0) is 17.7. The Morgan fingerprint density at radius 1 is 1.29 bits per heavy atom. The van der Waals surface area contributed by atoms with E-state index in [1.165, 1.54) is 0 Å². The molecule has 8 nitrogen and oxygen atoms in total. The van der Waals surface area contributed by atoms with Gasteiger partial charge in [-0.05, 0) is 27.7 Å². The van der Waals surface area contributed by atoms with Gasteiger partial charge in [-0.3, -0.25) is 4.90 Å². The Kier molecular flexibility index (Phi) is 5.82. The molecule has 8 heteroatoms. The smallest absolute Gasteiger partial charge is 0.407 e. The van der Waals surface area contributed by atoms with Gasteiger partial charge in [0.2, 0.25) is 0 Å². The van der Waals surface area contributed by atoms with Crippen LogP contribution in [0.3, 0.4) is 0 Å². The Balaban J connectivity index is 1.72. The number of hydrogen-bond donors (Lipinski definition) is 2. The van der Waals surface area contributed by atoms with Crippen molar-refractivity contribution in [2.45, 2.75) is 33.3 Å². The third-order valence-electron chi connectivity index (χ3n) is 3.64. The maximum absolute atomic E-state index is 11.6. The van der Waals surface area contributed by atoms with Crippen molar-refractivity contribution in [1.29, 1.82) is 0 Å². The number of aryl methyl sites for hydroxylation is 1. The second-order valence-electron chi connectivity index (χ2n) is 6.96. The van der Waals surface area contributed by atoms with Crippen LogP contribution < -0.4 is 16.0 Å². The molecule has 0 bridgehead atoms. The number of carbonyl (C=O) groups is 1. The van der Waals surface area contributed by atoms with E-state index in [-0.39, 0.29) is 6.09 Å². The third-order valence-corrected chi connectivity index (χ3v) is 3.64. The quantitative estimate of drug-likeness (QED) is 0.847. The van der Waals surface area contributed by atoms with Gasteiger partial charge < -0.3 is 20.7 Å². The lowest BCUT2D eigenvalue weighted by Crippen LogP contribution is -2.49. The average Bonchev–Trinajstić information content (AvgIpc) is 2.45. The number of nitrogens with two attached hydrogens (primary N) is 1. The minimum absolute atomic E-state index is 0.368. The van der Waals surface area contributed by atoms with Gasteiger partial charge in [0.05, 0.1) is 0 Å². The van der Waals surface area contributed by atoms with Crippen molar-refractivity contribution >= 4 is 17.7 Å². The molecule has 0 spiro atoms. The van der Waals surface area contributed by atoms with Crippen LogP contribution in [-0.4, -0.2) is 65.8 Å². The second kappa shape index (κ2) is 7.65. The molecule has 1 fully saturated rings. The fourth-order valence-corrected chi connectivity index (χ4v) is 2.57. The first kappa shape index (κ1) is 18.3. The molecule has 0 aliphatic carbocycles. The average molecular weight is 336 g/mol. The summed E-state index contributed by atoms with van der Waals surface area (Å²) in [5.74, 6) is 2.07. The molecule has 2 heterocycles. The highest BCUT2D eigenvalue weighted by Crippen LogP contribution is 2.16. The van der Waals surface area contributed by atoms with Crippen molar-refractivity contribution < 1.29 is 9.53 Å². The molecule has 0 radical (unpaired) electrons.